The largest absolute Gasteiger partial charge is 0.468 e. The SMILES string of the molecule is CCN(CCCC(C)(NC)C(=O)OC)c1cccc(F)c1. The van der Waals surface area contributed by atoms with E-state index in [-0.39, 0.29) is 11.8 Å². The summed E-state index contributed by atoms with van der Waals surface area (Å²) in [5.41, 5.74) is 0.178. The second-order valence-electron chi connectivity index (χ2n) is 5.24. The van der Waals surface area contributed by atoms with E-state index in [1.807, 2.05) is 19.9 Å². The first-order valence-corrected chi connectivity index (χ1v) is 7.24. The van der Waals surface area contributed by atoms with Crippen molar-refractivity contribution in [1.82, 2.24) is 5.32 Å². The molecule has 1 aromatic carbocycles. The van der Waals surface area contributed by atoms with Crippen molar-refractivity contribution in [1.29, 1.82) is 0 Å². The quantitative estimate of drug-likeness (QED) is 0.749. The second kappa shape index (κ2) is 7.98. The van der Waals surface area contributed by atoms with Crippen molar-refractivity contribution >= 4 is 11.7 Å². The van der Waals surface area contributed by atoms with Crippen molar-refractivity contribution < 1.29 is 13.9 Å². The Hall–Kier alpha value is -1.62. The smallest absolute Gasteiger partial charge is 0.325 e. The molecule has 1 unspecified atom stereocenters. The predicted molar refractivity (Wildman–Crippen MR) is 83.0 cm³/mol. The van der Waals surface area contributed by atoms with Gasteiger partial charge in [0.25, 0.3) is 0 Å². The molecule has 0 heterocycles. The third-order valence-electron chi connectivity index (χ3n) is 3.85. The Morgan fingerprint density at radius 2 is 2.19 bits per heavy atom. The Labute approximate surface area is 126 Å². The molecule has 0 saturated carbocycles. The maximum Gasteiger partial charge on any atom is 0.325 e. The number of esters is 1. The van der Waals surface area contributed by atoms with Crippen LogP contribution in [-0.4, -0.2) is 38.8 Å². The third-order valence-corrected chi connectivity index (χ3v) is 3.85. The maximum atomic E-state index is 13.3. The van der Waals surface area contributed by atoms with Crippen molar-refractivity contribution in [2.45, 2.75) is 32.2 Å². The van der Waals surface area contributed by atoms with E-state index in [1.54, 1.807) is 13.1 Å². The van der Waals surface area contributed by atoms with Crippen LogP contribution >= 0.6 is 0 Å². The highest BCUT2D eigenvalue weighted by Gasteiger charge is 2.31. The lowest BCUT2D eigenvalue weighted by Crippen LogP contribution is -2.48. The molecule has 21 heavy (non-hydrogen) atoms. The number of ether oxygens (including phenoxy) is 1. The Morgan fingerprint density at radius 3 is 2.71 bits per heavy atom. The molecule has 1 rings (SSSR count). The fourth-order valence-corrected chi connectivity index (χ4v) is 2.32. The molecule has 1 atom stereocenters. The van der Waals surface area contributed by atoms with E-state index in [1.165, 1.54) is 19.2 Å². The zero-order chi connectivity index (χ0) is 15.9. The van der Waals surface area contributed by atoms with Gasteiger partial charge < -0.3 is 15.0 Å². The van der Waals surface area contributed by atoms with Gasteiger partial charge in [-0.3, -0.25) is 4.79 Å². The molecular formula is C16H25FN2O2. The number of carbonyl (C=O) groups excluding carboxylic acids is 1. The number of hydrogen-bond acceptors (Lipinski definition) is 4. The average molecular weight is 296 g/mol. The molecule has 1 aromatic rings. The maximum absolute atomic E-state index is 13.3. The standard InChI is InChI=1S/C16H25FN2O2/c1-5-19(14-9-6-8-13(17)12-14)11-7-10-16(2,18-3)15(20)21-4/h6,8-9,12,18H,5,7,10-11H2,1-4H3. The monoisotopic (exact) mass is 296 g/mol. The molecule has 0 aliphatic carbocycles. The Balaban J connectivity index is 2.62. The fraction of sp³-hybridized carbons (Fsp3) is 0.562. The van der Waals surface area contributed by atoms with Gasteiger partial charge in [-0.25, -0.2) is 4.39 Å². The van der Waals surface area contributed by atoms with E-state index in [9.17, 15) is 9.18 Å². The normalized spacial score (nSPS) is 13.6. The number of methoxy groups -OCH3 is 1. The summed E-state index contributed by atoms with van der Waals surface area (Å²) in [4.78, 5) is 13.9. The lowest BCUT2D eigenvalue weighted by atomic mass is 9.96. The highest BCUT2D eigenvalue weighted by Crippen LogP contribution is 2.18. The van der Waals surface area contributed by atoms with Gasteiger partial charge in [-0.15, -0.1) is 0 Å². The number of nitrogens with zero attached hydrogens (tertiary/aromatic N) is 1. The van der Waals surface area contributed by atoms with Gasteiger partial charge in [0.2, 0.25) is 0 Å². The summed E-state index contributed by atoms with van der Waals surface area (Å²) in [5, 5.41) is 3.02. The number of carbonyl (C=O) groups is 1. The van der Waals surface area contributed by atoms with Gasteiger partial charge in [0.1, 0.15) is 11.4 Å². The van der Waals surface area contributed by atoms with Gasteiger partial charge in [0.05, 0.1) is 7.11 Å². The number of anilines is 1. The number of hydrogen-bond donors (Lipinski definition) is 1. The molecule has 0 radical (unpaired) electrons. The van der Waals surface area contributed by atoms with E-state index in [0.29, 0.717) is 6.42 Å². The predicted octanol–water partition coefficient (Wildman–Crippen LogP) is 2.58. The van der Waals surface area contributed by atoms with Crippen LogP contribution in [0.25, 0.3) is 0 Å². The highest BCUT2D eigenvalue weighted by atomic mass is 19.1. The van der Waals surface area contributed by atoms with Crippen LogP contribution in [-0.2, 0) is 9.53 Å². The second-order valence-corrected chi connectivity index (χ2v) is 5.24. The molecule has 0 aromatic heterocycles. The van der Waals surface area contributed by atoms with Crippen LogP contribution < -0.4 is 10.2 Å². The summed E-state index contributed by atoms with van der Waals surface area (Å²) >= 11 is 0. The first-order valence-electron chi connectivity index (χ1n) is 7.24. The Morgan fingerprint density at radius 1 is 1.48 bits per heavy atom. The van der Waals surface area contributed by atoms with Crippen LogP contribution in [0.2, 0.25) is 0 Å². The number of halogens is 1. The lowest BCUT2D eigenvalue weighted by molar-refractivity contribution is -0.148. The summed E-state index contributed by atoms with van der Waals surface area (Å²) in [6, 6.07) is 6.57. The molecule has 0 fully saturated rings. The van der Waals surface area contributed by atoms with Crippen molar-refractivity contribution in [3.63, 3.8) is 0 Å². The van der Waals surface area contributed by atoms with Crippen molar-refractivity contribution in [2.24, 2.45) is 0 Å². The van der Waals surface area contributed by atoms with Gasteiger partial charge in [-0.1, -0.05) is 6.07 Å². The number of likely N-dealkylation sites (N-methyl/N-ethyl adjacent to an activating group) is 1. The summed E-state index contributed by atoms with van der Waals surface area (Å²) in [7, 11) is 3.14. The van der Waals surface area contributed by atoms with E-state index in [2.05, 4.69) is 10.2 Å². The zero-order valence-corrected chi connectivity index (χ0v) is 13.3. The zero-order valence-electron chi connectivity index (χ0n) is 13.3. The van der Waals surface area contributed by atoms with Gasteiger partial charge in [-0.05, 0) is 51.9 Å². The molecule has 0 saturated heterocycles. The molecule has 0 bridgehead atoms. The highest BCUT2D eigenvalue weighted by molar-refractivity contribution is 5.80. The van der Waals surface area contributed by atoms with E-state index < -0.39 is 5.54 Å². The summed E-state index contributed by atoms with van der Waals surface area (Å²) in [6.45, 7) is 5.41. The molecule has 0 aliphatic rings. The van der Waals surface area contributed by atoms with Crippen LogP contribution in [0.4, 0.5) is 10.1 Å². The molecule has 1 N–H and O–H groups in total. The molecule has 5 heteroatoms. The van der Waals surface area contributed by atoms with Crippen LogP contribution in [0.3, 0.4) is 0 Å². The van der Waals surface area contributed by atoms with E-state index in [0.717, 1.165) is 25.2 Å². The van der Waals surface area contributed by atoms with Crippen LogP contribution in [0, 0.1) is 5.82 Å². The fourth-order valence-electron chi connectivity index (χ4n) is 2.32. The minimum Gasteiger partial charge on any atom is -0.468 e. The summed E-state index contributed by atoms with van der Waals surface area (Å²) < 4.78 is 18.1. The summed E-state index contributed by atoms with van der Waals surface area (Å²) in [6.07, 6.45) is 1.46. The van der Waals surface area contributed by atoms with Gasteiger partial charge in [0, 0.05) is 18.8 Å². The molecule has 118 valence electrons. The van der Waals surface area contributed by atoms with Crippen molar-refractivity contribution in [3.8, 4) is 0 Å². The van der Waals surface area contributed by atoms with E-state index in [4.69, 9.17) is 4.74 Å². The minimum absolute atomic E-state index is 0.236. The summed E-state index contributed by atoms with van der Waals surface area (Å²) in [5.74, 6) is -0.501. The molecule has 0 spiro atoms. The molecule has 4 nitrogen and oxygen atoms in total. The number of rotatable bonds is 8. The average Bonchev–Trinajstić information content (AvgIpc) is 2.50. The van der Waals surface area contributed by atoms with Crippen LogP contribution in [0.15, 0.2) is 24.3 Å². The number of nitrogens with one attached hydrogen (secondary N) is 1. The molecule has 0 aliphatic heterocycles. The van der Waals surface area contributed by atoms with Crippen LogP contribution in [0.5, 0.6) is 0 Å². The third kappa shape index (κ3) is 4.70. The van der Waals surface area contributed by atoms with Crippen molar-refractivity contribution in [2.75, 3.05) is 32.1 Å². The lowest BCUT2D eigenvalue weighted by Gasteiger charge is -2.28. The van der Waals surface area contributed by atoms with E-state index >= 15 is 0 Å². The van der Waals surface area contributed by atoms with Crippen molar-refractivity contribution in [3.05, 3.63) is 30.1 Å². The van der Waals surface area contributed by atoms with Crippen LogP contribution in [0.1, 0.15) is 26.7 Å². The first kappa shape index (κ1) is 17.4. The number of benzene rings is 1. The molecule has 0 amide bonds. The molecular weight excluding hydrogens is 271 g/mol. The first-order chi connectivity index (χ1) is 9.96. The topological polar surface area (TPSA) is 41.6 Å². The van der Waals surface area contributed by atoms with Gasteiger partial charge in [0.15, 0.2) is 0 Å². The Bertz CT molecular complexity index is 467. The Kier molecular flexibility index (Phi) is 6.62. The van der Waals surface area contributed by atoms with Gasteiger partial charge in [-0.2, -0.15) is 0 Å². The van der Waals surface area contributed by atoms with Gasteiger partial charge >= 0.3 is 5.97 Å². The minimum atomic E-state index is -0.684.